The summed E-state index contributed by atoms with van der Waals surface area (Å²) in [5.74, 6) is -1.79. The lowest BCUT2D eigenvalue weighted by Crippen LogP contribution is -2.51. The Morgan fingerprint density at radius 1 is 1.37 bits per heavy atom. The van der Waals surface area contributed by atoms with E-state index in [1.807, 2.05) is 5.38 Å². The van der Waals surface area contributed by atoms with Crippen LogP contribution in [0.25, 0.3) is 0 Å². The lowest BCUT2D eigenvalue weighted by atomic mass is 10.0. The molecule has 0 N–H and O–H groups in total. The predicted molar refractivity (Wildman–Crippen MR) is 68.3 cm³/mol. The van der Waals surface area contributed by atoms with Gasteiger partial charge in [-0.05, 0) is 17.9 Å². The molecule has 1 aromatic rings. The molecule has 0 bridgehead atoms. The van der Waals surface area contributed by atoms with E-state index in [1.54, 1.807) is 12.1 Å². The molecular weight excluding hydrogens is 268 g/mol. The Morgan fingerprint density at radius 2 is 2.05 bits per heavy atom. The minimum absolute atomic E-state index is 0.152. The molecule has 3 amide bonds. The van der Waals surface area contributed by atoms with Gasteiger partial charge in [-0.3, -0.25) is 19.3 Å². The molecule has 0 aromatic carbocycles. The van der Waals surface area contributed by atoms with E-state index in [9.17, 15) is 19.3 Å². The van der Waals surface area contributed by atoms with Gasteiger partial charge >= 0.3 is 5.91 Å². The number of hydrogen-bond acceptors (Lipinski definition) is 5. The number of carbonyl (C=O) groups is 3. The summed E-state index contributed by atoms with van der Waals surface area (Å²) in [6, 6.07) is 2.49. The maximum absolute atomic E-state index is 11.8. The highest BCUT2D eigenvalue weighted by Crippen LogP contribution is 2.21. The Bertz CT molecular complexity index is 496. The number of nitroso groups, excluding NO2 is 1. The first-order chi connectivity index (χ1) is 9.13. The van der Waals surface area contributed by atoms with Crippen molar-refractivity contribution in [3.8, 4) is 0 Å². The highest BCUT2D eigenvalue weighted by molar-refractivity contribution is 7.09. The lowest BCUT2D eigenvalue weighted by molar-refractivity contribution is -0.154. The minimum Gasteiger partial charge on any atom is -0.274 e. The number of likely N-dealkylation sites (tertiary alicyclic amines) is 1. The predicted octanol–water partition coefficient (Wildman–Crippen LogP) is 1.49. The Morgan fingerprint density at radius 3 is 2.58 bits per heavy atom. The summed E-state index contributed by atoms with van der Waals surface area (Å²) in [4.78, 5) is 47.4. The molecule has 1 saturated heterocycles. The monoisotopic (exact) mass is 280 g/mol. The van der Waals surface area contributed by atoms with Gasteiger partial charge in [-0.25, -0.2) is 0 Å². The van der Waals surface area contributed by atoms with Crippen LogP contribution in [0.3, 0.4) is 0 Å². The highest BCUT2D eigenvalue weighted by atomic mass is 32.1. The van der Waals surface area contributed by atoms with Crippen LogP contribution in [0.2, 0.25) is 0 Å². The summed E-state index contributed by atoms with van der Waals surface area (Å²) in [7, 11) is 0. The molecule has 0 spiro atoms. The van der Waals surface area contributed by atoms with Crippen molar-refractivity contribution >= 4 is 29.1 Å². The van der Waals surface area contributed by atoms with E-state index < -0.39 is 23.8 Å². The molecule has 100 valence electrons. The molecule has 1 unspecified atom stereocenters. The molecule has 1 aliphatic rings. The lowest BCUT2D eigenvalue weighted by Gasteiger charge is -2.30. The average Bonchev–Trinajstić information content (AvgIpc) is 2.89. The fourth-order valence-electron chi connectivity index (χ4n) is 2.09. The topological polar surface area (TPSA) is 83.9 Å². The van der Waals surface area contributed by atoms with Gasteiger partial charge in [-0.2, -0.15) is 0 Å². The van der Waals surface area contributed by atoms with Crippen molar-refractivity contribution in [2.24, 2.45) is 5.18 Å². The highest BCUT2D eigenvalue weighted by Gasteiger charge is 2.37. The third kappa shape index (κ3) is 2.93. The van der Waals surface area contributed by atoms with Crippen LogP contribution in [-0.2, 0) is 20.8 Å². The van der Waals surface area contributed by atoms with Gasteiger partial charge in [0.15, 0.2) is 0 Å². The normalized spacial score (nSPS) is 17.4. The summed E-state index contributed by atoms with van der Waals surface area (Å²) >= 11 is 1.40. The zero-order valence-electron chi connectivity index (χ0n) is 10.1. The summed E-state index contributed by atoms with van der Waals surface area (Å²) in [5.41, 5.74) is 0. The van der Waals surface area contributed by atoms with Crippen molar-refractivity contribution in [2.75, 3.05) is 0 Å². The van der Waals surface area contributed by atoms with Gasteiger partial charge in [0.1, 0.15) is 6.04 Å². The Labute approximate surface area is 113 Å². The third-order valence-corrected chi connectivity index (χ3v) is 3.88. The minimum atomic E-state index is -1.10. The van der Waals surface area contributed by atoms with Crippen molar-refractivity contribution in [1.29, 1.82) is 0 Å². The van der Waals surface area contributed by atoms with Gasteiger partial charge in [-0.15, -0.1) is 16.2 Å². The number of nitrogens with zero attached hydrogens (tertiary/aromatic N) is 2. The number of imide groups is 1. The van der Waals surface area contributed by atoms with Crippen LogP contribution in [0.4, 0.5) is 0 Å². The first-order valence-electron chi connectivity index (χ1n) is 5.88. The summed E-state index contributed by atoms with van der Waals surface area (Å²) in [6.07, 6.45) is 1.08. The second-order valence-corrected chi connectivity index (χ2v) is 5.27. The molecule has 0 saturated carbocycles. The molecule has 19 heavy (non-hydrogen) atoms. The largest absolute Gasteiger partial charge is 0.309 e. The number of hydrogen-bond donors (Lipinski definition) is 0. The maximum Gasteiger partial charge on any atom is 0.309 e. The third-order valence-electron chi connectivity index (χ3n) is 2.98. The average molecular weight is 280 g/mol. The molecule has 2 rings (SSSR count). The number of carbonyl (C=O) groups excluding carboxylic acids is 3. The van der Waals surface area contributed by atoms with E-state index in [4.69, 9.17) is 0 Å². The fraction of sp³-hybridized carbons (Fsp3) is 0.417. The zero-order valence-corrected chi connectivity index (χ0v) is 10.9. The first kappa shape index (κ1) is 13.5. The Balaban J connectivity index is 2.25. The number of amides is 3. The second kappa shape index (κ2) is 5.83. The summed E-state index contributed by atoms with van der Waals surface area (Å²) < 4.78 is 0. The molecule has 1 fully saturated rings. The first-order valence-corrected chi connectivity index (χ1v) is 6.76. The standard InChI is InChI=1S/C12H12N2O4S/c15-10-4-1-5-11(16)14(10)9(12(17)13-18)7-8-3-2-6-19-8/h2-3,6,9H,1,4-5,7H2. The number of thiophene rings is 1. The summed E-state index contributed by atoms with van der Waals surface area (Å²) in [6.45, 7) is 0. The number of rotatable bonds is 4. The quantitative estimate of drug-likeness (QED) is 0.618. The van der Waals surface area contributed by atoms with Gasteiger partial charge in [0.2, 0.25) is 11.8 Å². The van der Waals surface area contributed by atoms with Gasteiger partial charge in [0.05, 0.1) is 0 Å². The van der Waals surface area contributed by atoms with Gasteiger partial charge in [0, 0.05) is 29.3 Å². The molecule has 1 aromatic heterocycles. The second-order valence-electron chi connectivity index (χ2n) is 4.24. The number of piperidine rings is 1. The van der Waals surface area contributed by atoms with E-state index in [1.165, 1.54) is 11.3 Å². The Hall–Kier alpha value is -1.89. The maximum atomic E-state index is 11.8. The van der Waals surface area contributed by atoms with Crippen LogP contribution in [0, 0.1) is 4.91 Å². The molecule has 1 atom stereocenters. The van der Waals surface area contributed by atoms with Crippen LogP contribution in [0.1, 0.15) is 24.1 Å². The molecule has 1 aliphatic heterocycles. The van der Waals surface area contributed by atoms with E-state index in [-0.39, 0.29) is 19.3 Å². The van der Waals surface area contributed by atoms with Crippen LogP contribution >= 0.6 is 11.3 Å². The zero-order chi connectivity index (χ0) is 13.8. The molecule has 0 radical (unpaired) electrons. The van der Waals surface area contributed by atoms with Crippen molar-refractivity contribution < 1.29 is 14.4 Å². The van der Waals surface area contributed by atoms with E-state index in [2.05, 4.69) is 5.18 Å². The van der Waals surface area contributed by atoms with Crippen LogP contribution in [0.15, 0.2) is 22.7 Å². The molecule has 2 heterocycles. The van der Waals surface area contributed by atoms with Crippen LogP contribution in [-0.4, -0.2) is 28.7 Å². The van der Waals surface area contributed by atoms with E-state index in [0.717, 1.165) is 9.78 Å². The van der Waals surface area contributed by atoms with Crippen molar-refractivity contribution in [1.82, 2.24) is 4.90 Å². The van der Waals surface area contributed by atoms with Gasteiger partial charge in [-0.1, -0.05) is 6.07 Å². The molecule has 6 nitrogen and oxygen atoms in total. The van der Waals surface area contributed by atoms with Crippen molar-refractivity contribution in [2.45, 2.75) is 31.7 Å². The molecular formula is C12H12N2O4S. The smallest absolute Gasteiger partial charge is 0.274 e. The molecule has 7 heteroatoms. The van der Waals surface area contributed by atoms with Crippen LogP contribution in [0.5, 0.6) is 0 Å². The van der Waals surface area contributed by atoms with E-state index in [0.29, 0.717) is 6.42 Å². The van der Waals surface area contributed by atoms with Crippen molar-refractivity contribution in [3.05, 3.63) is 27.3 Å². The van der Waals surface area contributed by atoms with Crippen LogP contribution < -0.4 is 0 Å². The summed E-state index contributed by atoms with van der Waals surface area (Å²) in [5, 5.41) is 4.21. The Kier molecular flexibility index (Phi) is 4.16. The van der Waals surface area contributed by atoms with Gasteiger partial charge < -0.3 is 0 Å². The SMILES string of the molecule is O=NC(=O)C(Cc1cccs1)N1C(=O)CCCC1=O. The van der Waals surface area contributed by atoms with E-state index >= 15 is 0 Å². The fourth-order valence-corrected chi connectivity index (χ4v) is 2.83. The molecule has 0 aliphatic carbocycles. The van der Waals surface area contributed by atoms with Gasteiger partial charge in [0.25, 0.3) is 0 Å². The van der Waals surface area contributed by atoms with Crippen molar-refractivity contribution in [3.63, 3.8) is 0 Å².